The van der Waals surface area contributed by atoms with Crippen LogP contribution in [0.1, 0.15) is 31.4 Å². The van der Waals surface area contributed by atoms with Gasteiger partial charge in [0.25, 0.3) is 0 Å². The van der Waals surface area contributed by atoms with Crippen molar-refractivity contribution in [1.29, 1.82) is 0 Å². The van der Waals surface area contributed by atoms with E-state index in [0.717, 1.165) is 45.0 Å². The van der Waals surface area contributed by atoms with Crippen LogP contribution in [0.3, 0.4) is 0 Å². The van der Waals surface area contributed by atoms with Crippen molar-refractivity contribution >= 4 is 0 Å². The summed E-state index contributed by atoms with van der Waals surface area (Å²) in [6.45, 7) is 7.58. The molecule has 1 aromatic rings. The minimum absolute atomic E-state index is 0.304. The lowest BCUT2D eigenvalue weighted by Crippen LogP contribution is -2.53. The second-order valence-corrected chi connectivity index (χ2v) is 7.49. The number of nitrogens with zero attached hydrogens (tertiary/aromatic N) is 2. The first-order chi connectivity index (χ1) is 11.8. The molecular weight excluding hydrogens is 304 g/mol. The van der Waals surface area contributed by atoms with Gasteiger partial charge in [-0.1, -0.05) is 0 Å². The first kappa shape index (κ1) is 17.9. The predicted molar refractivity (Wildman–Crippen MR) is 93.8 cm³/mol. The van der Waals surface area contributed by atoms with Gasteiger partial charge in [0, 0.05) is 39.3 Å². The number of ether oxygens (including phenoxy) is 1. The summed E-state index contributed by atoms with van der Waals surface area (Å²) in [5.74, 6) is 1.41. The van der Waals surface area contributed by atoms with Crippen LogP contribution in [0.2, 0.25) is 0 Å². The molecule has 1 unspecified atom stereocenters. The molecule has 0 bridgehead atoms. The van der Waals surface area contributed by atoms with Gasteiger partial charge in [0.2, 0.25) is 0 Å². The van der Waals surface area contributed by atoms with Crippen LogP contribution < -0.4 is 0 Å². The summed E-state index contributed by atoms with van der Waals surface area (Å²) in [7, 11) is 1.77. The second kappa shape index (κ2) is 8.48. The Morgan fingerprint density at radius 2 is 2.00 bits per heavy atom. The number of aliphatic hydroxyl groups excluding tert-OH is 1. The van der Waals surface area contributed by atoms with Crippen molar-refractivity contribution in [3.63, 3.8) is 0 Å². The van der Waals surface area contributed by atoms with Crippen molar-refractivity contribution in [2.75, 3.05) is 53.0 Å². The van der Waals surface area contributed by atoms with E-state index >= 15 is 0 Å². The predicted octanol–water partition coefficient (Wildman–Crippen LogP) is 2.21. The molecule has 0 aliphatic carbocycles. The van der Waals surface area contributed by atoms with Crippen molar-refractivity contribution in [3.05, 3.63) is 24.2 Å². The third kappa shape index (κ3) is 4.20. The number of likely N-dealkylation sites (tertiary alicyclic amines) is 2. The topological polar surface area (TPSA) is 49.1 Å². The SMILES string of the molecule is COCCCN1CCC2(CC1)CCN(Cc1ccco1)CC2CO. The van der Waals surface area contributed by atoms with Gasteiger partial charge in [0.05, 0.1) is 12.8 Å². The Balaban J connectivity index is 1.51. The highest BCUT2D eigenvalue weighted by Gasteiger charge is 2.44. The molecule has 0 amide bonds. The molecule has 5 heteroatoms. The molecule has 136 valence electrons. The number of hydrogen-bond donors (Lipinski definition) is 1. The molecule has 0 aromatic carbocycles. The fraction of sp³-hybridized carbons (Fsp3) is 0.789. The minimum atomic E-state index is 0.304. The number of rotatable bonds is 7. The largest absolute Gasteiger partial charge is 0.468 e. The van der Waals surface area contributed by atoms with E-state index in [1.165, 1.54) is 32.4 Å². The molecule has 1 aromatic heterocycles. The Kier molecular flexibility index (Phi) is 6.33. The van der Waals surface area contributed by atoms with Crippen molar-refractivity contribution < 1.29 is 14.3 Å². The van der Waals surface area contributed by atoms with Gasteiger partial charge in [-0.05, 0) is 62.9 Å². The number of hydrogen-bond acceptors (Lipinski definition) is 5. The van der Waals surface area contributed by atoms with Gasteiger partial charge in [-0.25, -0.2) is 0 Å². The fourth-order valence-electron chi connectivity index (χ4n) is 4.51. The molecule has 1 spiro atoms. The average molecular weight is 336 g/mol. The van der Waals surface area contributed by atoms with Gasteiger partial charge in [0.1, 0.15) is 5.76 Å². The van der Waals surface area contributed by atoms with E-state index in [9.17, 15) is 5.11 Å². The van der Waals surface area contributed by atoms with Gasteiger partial charge in [-0.15, -0.1) is 0 Å². The molecule has 24 heavy (non-hydrogen) atoms. The van der Waals surface area contributed by atoms with Gasteiger partial charge in [-0.2, -0.15) is 0 Å². The average Bonchev–Trinajstić information content (AvgIpc) is 3.12. The lowest BCUT2D eigenvalue weighted by atomic mass is 9.64. The molecule has 2 saturated heterocycles. The first-order valence-electron chi connectivity index (χ1n) is 9.33. The maximum absolute atomic E-state index is 10.0. The Morgan fingerprint density at radius 3 is 2.62 bits per heavy atom. The lowest BCUT2D eigenvalue weighted by molar-refractivity contribution is -0.0456. The lowest BCUT2D eigenvalue weighted by Gasteiger charge is -2.51. The molecule has 5 nitrogen and oxygen atoms in total. The summed E-state index contributed by atoms with van der Waals surface area (Å²) in [5.41, 5.74) is 0.339. The zero-order valence-electron chi connectivity index (χ0n) is 15.0. The molecule has 3 heterocycles. The van der Waals surface area contributed by atoms with Gasteiger partial charge in [0.15, 0.2) is 0 Å². The van der Waals surface area contributed by atoms with Crippen molar-refractivity contribution in [1.82, 2.24) is 9.80 Å². The maximum Gasteiger partial charge on any atom is 0.117 e. The van der Waals surface area contributed by atoms with Crippen molar-refractivity contribution in [2.45, 2.75) is 32.2 Å². The maximum atomic E-state index is 10.0. The third-order valence-electron chi connectivity index (χ3n) is 6.13. The number of furan rings is 1. The normalized spacial score (nSPS) is 25.3. The second-order valence-electron chi connectivity index (χ2n) is 7.49. The smallest absolute Gasteiger partial charge is 0.117 e. The molecule has 1 atom stereocenters. The molecule has 0 radical (unpaired) electrons. The summed E-state index contributed by atoms with van der Waals surface area (Å²) in [6, 6.07) is 3.99. The highest BCUT2D eigenvalue weighted by Crippen LogP contribution is 2.45. The van der Waals surface area contributed by atoms with Crippen molar-refractivity contribution in [3.8, 4) is 0 Å². The van der Waals surface area contributed by atoms with E-state index < -0.39 is 0 Å². The van der Waals surface area contributed by atoms with Gasteiger partial charge >= 0.3 is 0 Å². The summed E-state index contributed by atoms with van der Waals surface area (Å²) >= 11 is 0. The third-order valence-corrected chi connectivity index (χ3v) is 6.13. The van der Waals surface area contributed by atoms with E-state index in [1.54, 1.807) is 13.4 Å². The fourth-order valence-corrected chi connectivity index (χ4v) is 4.51. The van der Waals surface area contributed by atoms with Crippen LogP contribution >= 0.6 is 0 Å². The van der Waals surface area contributed by atoms with E-state index in [-0.39, 0.29) is 0 Å². The number of methoxy groups -OCH3 is 1. The molecule has 0 saturated carbocycles. The molecule has 1 N–H and O–H groups in total. The summed E-state index contributed by atoms with van der Waals surface area (Å²) in [5, 5.41) is 10.0. The zero-order valence-corrected chi connectivity index (χ0v) is 15.0. The molecule has 2 aliphatic rings. The highest BCUT2D eigenvalue weighted by atomic mass is 16.5. The van der Waals surface area contributed by atoms with Crippen LogP contribution in [0.15, 0.2) is 22.8 Å². The first-order valence-corrected chi connectivity index (χ1v) is 9.33. The minimum Gasteiger partial charge on any atom is -0.468 e. The number of piperidine rings is 2. The molecular formula is C19H32N2O3. The Morgan fingerprint density at radius 1 is 1.25 bits per heavy atom. The van der Waals surface area contributed by atoms with E-state index in [1.807, 2.05) is 12.1 Å². The summed E-state index contributed by atoms with van der Waals surface area (Å²) < 4.78 is 10.6. The molecule has 3 rings (SSSR count). The zero-order chi connectivity index (χ0) is 16.8. The van der Waals surface area contributed by atoms with Crippen LogP contribution in [0.5, 0.6) is 0 Å². The quantitative estimate of drug-likeness (QED) is 0.774. The monoisotopic (exact) mass is 336 g/mol. The number of aliphatic hydroxyl groups is 1. The van der Waals surface area contributed by atoms with Crippen LogP contribution in [0, 0.1) is 11.3 Å². The molecule has 2 fully saturated rings. The van der Waals surface area contributed by atoms with E-state index in [4.69, 9.17) is 9.15 Å². The van der Waals surface area contributed by atoms with Gasteiger partial charge < -0.3 is 19.2 Å². The van der Waals surface area contributed by atoms with Crippen LogP contribution in [-0.2, 0) is 11.3 Å². The van der Waals surface area contributed by atoms with Crippen LogP contribution in [-0.4, -0.2) is 68.0 Å². The summed E-state index contributed by atoms with van der Waals surface area (Å²) in [4.78, 5) is 5.00. The van der Waals surface area contributed by atoms with E-state index in [0.29, 0.717) is 17.9 Å². The Bertz CT molecular complexity index is 469. The Labute approximate surface area is 145 Å². The van der Waals surface area contributed by atoms with Gasteiger partial charge in [-0.3, -0.25) is 4.90 Å². The van der Waals surface area contributed by atoms with Crippen LogP contribution in [0.25, 0.3) is 0 Å². The standard InChI is InChI=1S/C19H32N2O3/c1-23-12-3-8-20-9-5-19(6-10-20)7-11-21(14-17(19)16-22)15-18-4-2-13-24-18/h2,4,13,17,22H,3,5-12,14-16H2,1H3. The van der Waals surface area contributed by atoms with Crippen LogP contribution in [0.4, 0.5) is 0 Å². The molecule has 2 aliphatic heterocycles. The highest BCUT2D eigenvalue weighted by molar-refractivity contribution is 5.01. The van der Waals surface area contributed by atoms with Crippen molar-refractivity contribution in [2.24, 2.45) is 11.3 Å². The Hall–Kier alpha value is -0.880. The van der Waals surface area contributed by atoms with E-state index in [2.05, 4.69) is 9.80 Å². The summed E-state index contributed by atoms with van der Waals surface area (Å²) in [6.07, 6.45) is 6.50.